The molecule has 3 rings (SSSR count). The Bertz CT molecular complexity index is 1110. The Labute approximate surface area is 186 Å². The third-order valence-electron chi connectivity index (χ3n) is 6.38. The number of hydrogen-bond donors (Lipinski definition) is 1. The van der Waals surface area contributed by atoms with E-state index in [0.29, 0.717) is 5.69 Å². The molecule has 0 bridgehead atoms. The van der Waals surface area contributed by atoms with Crippen molar-refractivity contribution in [1.29, 1.82) is 0 Å². The largest absolute Gasteiger partial charge is 0.349 e. The number of carbonyl (C=O) groups is 1. The maximum absolute atomic E-state index is 13.0. The highest BCUT2D eigenvalue weighted by Gasteiger charge is 2.58. The molecule has 2 aromatic rings. The van der Waals surface area contributed by atoms with Crippen molar-refractivity contribution in [2.75, 3.05) is 0 Å². The van der Waals surface area contributed by atoms with Crippen LogP contribution in [0.4, 0.5) is 5.69 Å². The van der Waals surface area contributed by atoms with Gasteiger partial charge in [0.25, 0.3) is 0 Å². The van der Waals surface area contributed by atoms with Gasteiger partial charge in [-0.05, 0) is 55.5 Å². The Kier molecular flexibility index (Phi) is 6.37. The SMILES string of the molecule is CCC1(c2ccc(C(C)(C)C)nc2)CC1C(=O)N[C@H](C)c1ccc(N=S(=O)=O)c(C)c1. The van der Waals surface area contributed by atoms with Crippen molar-refractivity contribution < 1.29 is 13.2 Å². The van der Waals surface area contributed by atoms with Gasteiger partial charge in [0.2, 0.25) is 5.91 Å². The second-order valence-electron chi connectivity index (χ2n) is 9.53. The van der Waals surface area contributed by atoms with Gasteiger partial charge >= 0.3 is 10.5 Å². The Hall–Kier alpha value is -2.54. The highest BCUT2D eigenvalue weighted by Crippen LogP contribution is 2.57. The first-order valence-electron chi connectivity index (χ1n) is 10.7. The third-order valence-corrected chi connectivity index (χ3v) is 6.73. The lowest BCUT2D eigenvalue weighted by Gasteiger charge is -2.21. The predicted molar refractivity (Wildman–Crippen MR) is 122 cm³/mol. The summed E-state index contributed by atoms with van der Waals surface area (Å²) in [5, 5.41) is 3.13. The van der Waals surface area contributed by atoms with Crippen molar-refractivity contribution in [3.8, 4) is 0 Å². The zero-order valence-corrected chi connectivity index (χ0v) is 19.9. The minimum atomic E-state index is -2.49. The molecule has 0 radical (unpaired) electrons. The van der Waals surface area contributed by atoms with Crippen LogP contribution >= 0.6 is 0 Å². The second-order valence-corrected chi connectivity index (χ2v) is 10.1. The molecule has 1 amide bonds. The standard InChI is InChI=1S/C24H31N3O3S/c1-7-24(18-9-11-21(25-14-18)23(4,5)6)13-19(24)22(28)26-16(3)17-8-10-20(15(2)12-17)27-31(29)30/h8-12,14,16,19H,7,13H2,1-6H3,(H,26,28)/t16-,19?,24?/m1/s1. The molecule has 0 spiro atoms. The van der Waals surface area contributed by atoms with Gasteiger partial charge in [0, 0.05) is 28.6 Å². The van der Waals surface area contributed by atoms with Gasteiger partial charge in [-0.1, -0.05) is 45.9 Å². The van der Waals surface area contributed by atoms with E-state index in [1.165, 1.54) is 0 Å². The van der Waals surface area contributed by atoms with Crippen molar-refractivity contribution in [2.24, 2.45) is 10.3 Å². The van der Waals surface area contributed by atoms with E-state index >= 15 is 0 Å². The molecule has 1 aromatic carbocycles. The van der Waals surface area contributed by atoms with E-state index in [2.05, 4.69) is 54.5 Å². The first-order valence-corrected chi connectivity index (χ1v) is 11.7. The summed E-state index contributed by atoms with van der Waals surface area (Å²) in [6.07, 6.45) is 3.65. The molecule has 1 saturated carbocycles. The monoisotopic (exact) mass is 441 g/mol. The lowest BCUT2D eigenvalue weighted by molar-refractivity contribution is -0.123. The molecule has 1 aliphatic rings. The Morgan fingerprint density at radius 3 is 2.52 bits per heavy atom. The summed E-state index contributed by atoms with van der Waals surface area (Å²) in [4.78, 5) is 17.7. The van der Waals surface area contributed by atoms with Crippen LogP contribution in [0.2, 0.25) is 0 Å². The average Bonchev–Trinajstić information content (AvgIpc) is 3.45. The van der Waals surface area contributed by atoms with Gasteiger partial charge in [0.15, 0.2) is 0 Å². The third kappa shape index (κ3) is 4.87. The van der Waals surface area contributed by atoms with Crippen molar-refractivity contribution >= 4 is 22.1 Å². The molecule has 3 atom stereocenters. The first kappa shape index (κ1) is 23.1. The van der Waals surface area contributed by atoms with Crippen LogP contribution in [0, 0.1) is 12.8 Å². The number of pyridine rings is 1. The number of carbonyl (C=O) groups excluding carboxylic acids is 1. The molecular weight excluding hydrogens is 410 g/mol. The molecule has 1 N–H and O–H groups in total. The van der Waals surface area contributed by atoms with Gasteiger partial charge in [-0.3, -0.25) is 9.78 Å². The van der Waals surface area contributed by atoms with E-state index in [1.54, 1.807) is 19.1 Å². The van der Waals surface area contributed by atoms with Crippen molar-refractivity contribution in [3.63, 3.8) is 0 Å². The van der Waals surface area contributed by atoms with Crippen LogP contribution in [0.1, 0.15) is 75.9 Å². The predicted octanol–water partition coefficient (Wildman–Crippen LogP) is 4.93. The fraction of sp³-hybridized carbons (Fsp3) is 0.500. The van der Waals surface area contributed by atoms with Gasteiger partial charge < -0.3 is 5.32 Å². The van der Waals surface area contributed by atoms with Crippen LogP contribution in [0.25, 0.3) is 0 Å². The molecule has 6 nitrogen and oxygen atoms in total. The summed E-state index contributed by atoms with van der Waals surface area (Å²) in [6.45, 7) is 12.3. The Morgan fingerprint density at radius 1 is 1.29 bits per heavy atom. The van der Waals surface area contributed by atoms with Crippen LogP contribution in [0.5, 0.6) is 0 Å². The number of nitrogens with one attached hydrogen (secondary N) is 1. The smallest absolute Gasteiger partial charge is 0.316 e. The van der Waals surface area contributed by atoms with E-state index in [1.807, 2.05) is 19.2 Å². The molecule has 166 valence electrons. The van der Waals surface area contributed by atoms with Crippen LogP contribution in [0.3, 0.4) is 0 Å². The molecule has 1 fully saturated rings. The Balaban J connectivity index is 1.72. The number of hydrogen-bond acceptors (Lipinski definition) is 5. The summed E-state index contributed by atoms with van der Waals surface area (Å²) >= 11 is 0. The quantitative estimate of drug-likeness (QED) is 0.689. The van der Waals surface area contributed by atoms with Crippen molar-refractivity contribution in [1.82, 2.24) is 10.3 Å². The van der Waals surface area contributed by atoms with Gasteiger partial charge in [-0.2, -0.15) is 8.42 Å². The van der Waals surface area contributed by atoms with Gasteiger partial charge in [0.1, 0.15) is 0 Å². The average molecular weight is 442 g/mol. The summed E-state index contributed by atoms with van der Waals surface area (Å²) < 4.78 is 25.2. The second kappa shape index (κ2) is 8.54. The van der Waals surface area contributed by atoms with E-state index in [0.717, 1.165) is 35.2 Å². The van der Waals surface area contributed by atoms with E-state index in [-0.39, 0.29) is 28.7 Å². The fourth-order valence-electron chi connectivity index (χ4n) is 4.22. The van der Waals surface area contributed by atoms with Gasteiger partial charge in [0.05, 0.1) is 11.7 Å². The lowest BCUT2D eigenvalue weighted by Crippen LogP contribution is -2.31. The zero-order valence-electron chi connectivity index (χ0n) is 19.1. The van der Waals surface area contributed by atoms with Gasteiger partial charge in [-0.25, -0.2) is 0 Å². The maximum Gasteiger partial charge on any atom is 0.316 e. The molecule has 1 heterocycles. The molecule has 2 unspecified atom stereocenters. The van der Waals surface area contributed by atoms with Crippen LogP contribution < -0.4 is 5.32 Å². The number of nitrogens with zero attached hydrogens (tertiary/aromatic N) is 2. The van der Waals surface area contributed by atoms with E-state index in [9.17, 15) is 13.2 Å². The molecule has 31 heavy (non-hydrogen) atoms. The van der Waals surface area contributed by atoms with Crippen molar-refractivity contribution in [2.45, 2.75) is 71.3 Å². The molecule has 0 saturated heterocycles. The van der Waals surface area contributed by atoms with E-state index < -0.39 is 10.5 Å². The number of rotatable bonds is 6. The number of aromatic nitrogens is 1. The Morgan fingerprint density at radius 2 is 2.00 bits per heavy atom. The molecular formula is C24H31N3O3S. The summed E-state index contributed by atoms with van der Waals surface area (Å²) in [6, 6.07) is 9.35. The molecule has 7 heteroatoms. The zero-order chi connectivity index (χ0) is 23.0. The van der Waals surface area contributed by atoms with Crippen LogP contribution in [-0.2, 0) is 26.1 Å². The maximum atomic E-state index is 13.0. The summed E-state index contributed by atoms with van der Waals surface area (Å²) in [5.41, 5.74) is 4.10. The summed E-state index contributed by atoms with van der Waals surface area (Å²) in [5.74, 6) is -0.0261. The highest BCUT2D eigenvalue weighted by atomic mass is 32.2. The number of aryl methyl sites for hydroxylation is 1. The minimum Gasteiger partial charge on any atom is -0.349 e. The topological polar surface area (TPSA) is 88.5 Å². The molecule has 1 aliphatic carbocycles. The summed E-state index contributed by atoms with van der Waals surface area (Å²) in [7, 11) is -2.49. The molecule has 1 aromatic heterocycles. The number of amides is 1. The van der Waals surface area contributed by atoms with Crippen LogP contribution in [-0.4, -0.2) is 19.3 Å². The fourth-order valence-corrected chi connectivity index (χ4v) is 4.59. The van der Waals surface area contributed by atoms with Crippen LogP contribution in [0.15, 0.2) is 40.9 Å². The highest BCUT2D eigenvalue weighted by molar-refractivity contribution is 7.61. The molecule has 0 aliphatic heterocycles. The van der Waals surface area contributed by atoms with E-state index in [4.69, 9.17) is 0 Å². The van der Waals surface area contributed by atoms with Gasteiger partial charge in [-0.15, -0.1) is 4.36 Å². The number of benzene rings is 1. The normalized spacial score (nSPS) is 21.3. The minimum absolute atomic E-state index is 0.00262. The van der Waals surface area contributed by atoms with Crippen molar-refractivity contribution in [3.05, 3.63) is 58.9 Å². The first-order chi connectivity index (χ1) is 14.5. The lowest BCUT2D eigenvalue weighted by atomic mass is 9.88.